The molecule has 0 amide bonds. The number of carboxylic acid groups (broad SMARTS) is 1. The van der Waals surface area contributed by atoms with Gasteiger partial charge in [0.25, 0.3) is 20.2 Å². The minimum atomic E-state index is -4.61. The molecule has 0 fully saturated rings. The van der Waals surface area contributed by atoms with Gasteiger partial charge in [-0.3, -0.25) is 9.11 Å². The minimum Gasteiger partial charge on any atom is -0.506 e. The van der Waals surface area contributed by atoms with Crippen LogP contribution in [0, 0.1) is 0 Å². The Morgan fingerprint density at radius 2 is 1.11 bits per heavy atom. The third-order valence-electron chi connectivity index (χ3n) is 6.75. The average molecular weight is 647 g/mol. The highest BCUT2D eigenvalue weighted by Gasteiger charge is 2.20. The Balaban J connectivity index is 0.000000238. The fourth-order valence-electron chi connectivity index (χ4n) is 4.74. The molecule has 0 bridgehead atoms. The molecule has 228 valence electrons. The van der Waals surface area contributed by atoms with E-state index in [-0.39, 0.29) is 38.0 Å². The van der Waals surface area contributed by atoms with Crippen molar-refractivity contribution in [2.24, 2.45) is 10.2 Å². The van der Waals surface area contributed by atoms with Crippen molar-refractivity contribution in [3.05, 3.63) is 109 Å². The molecule has 0 radical (unpaired) electrons. The lowest BCUT2D eigenvalue weighted by Crippen LogP contribution is -1.99. The molecule has 0 unspecified atom stereocenters. The smallest absolute Gasteiger partial charge is 0.339 e. The first-order chi connectivity index (χ1) is 21.3. The Bertz CT molecular complexity index is 2390. The summed E-state index contributed by atoms with van der Waals surface area (Å²) in [4.78, 5) is 11.0. The fourth-order valence-corrected chi connectivity index (χ4v) is 6.17. The Kier molecular flexibility index (Phi) is 8.23. The lowest BCUT2D eigenvalue weighted by Gasteiger charge is -2.09. The molecule has 5 N–H and O–H groups in total. The van der Waals surface area contributed by atoms with E-state index in [9.17, 15) is 41.5 Å². The molecule has 0 atom stereocenters. The number of hydrogen-bond donors (Lipinski definition) is 5. The van der Waals surface area contributed by atoms with E-state index in [4.69, 9.17) is 4.55 Å². The van der Waals surface area contributed by atoms with Crippen molar-refractivity contribution in [1.82, 2.24) is 0 Å². The van der Waals surface area contributed by atoms with Gasteiger partial charge in [0.1, 0.15) is 32.5 Å². The van der Waals surface area contributed by atoms with Crippen LogP contribution in [0.5, 0.6) is 11.5 Å². The molecule has 0 saturated heterocycles. The van der Waals surface area contributed by atoms with Crippen LogP contribution in [0.4, 0.5) is 11.4 Å². The van der Waals surface area contributed by atoms with Gasteiger partial charge in [-0.2, -0.15) is 16.8 Å². The largest absolute Gasteiger partial charge is 0.506 e. The highest BCUT2D eigenvalue weighted by Crippen LogP contribution is 2.41. The molecule has 14 heteroatoms. The summed E-state index contributed by atoms with van der Waals surface area (Å²) >= 11 is 0. The van der Waals surface area contributed by atoms with E-state index in [0.717, 1.165) is 17.5 Å². The number of nitrogens with zero attached hydrogens (tertiary/aromatic N) is 2. The van der Waals surface area contributed by atoms with Crippen LogP contribution in [0.2, 0.25) is 0 Å². The van der Waals surface area contributed by atoms with Crippen molar-refractivity contribution in [2.45, 2.75) is 9.79 Å². The first-order valence-electron chi connectivity index (χ1n) is 12.8. The molecule has 0 aliphatic carbocycles. The molecule has 12 nitrogen and oxygen atoms in total. The molecular weight excluding hydrogens is 624 g/mol. The van der Waals surface area contributed by atoms with E-state index in [1.807, 2.05) is 6.07 Å². The molecule has 0 spiro atoms. The van der Waals surface area contributed by atoms with E-state index >= 15 is 0 Å². The summed E-state index contributed by atoms with van der Waals surface area (Å²) in [5.74, 6) is -2.31. The zero-order valence-electron chi connectivity index (χ0n) is 22.8. The quantitative estimate of drug-likeness (QED) is 0.0970. The Hall–Kier alpha value is -5.41. The van der Waals surface area contributed by atoms with Crippen LogP contribution in [-0.4, -0.2) is 47.2 Å². The van der Waals surface area contributed by atoms with Gasteiger partial charge in [0.15, 0.2) is 0 Å². The number of fused-ring (bicyclic) bond motifs is 3. The topological polar surface area (TPSA) is 211 Å². The van der Waals surface area contributed by atoms with E-state index in [1.54, 1.807) is 60.7 Å². The van der Waals surface area contributed by atoms with Crippen LogP contribution < -0.4 is 0 Å². The number of phenols is 2. The van der Waals surface area contributed by atoms with Crippen molar-refractivity contribution in [2.75, 3.05) is 0 Å². The number of carboxylic acids is 1. The van der Waals surface area contributed by atoms with Crippen molar-refractivity contribution < 1.29 is 46.1 Å². The van der Waals surface area contributed by atoms with Gasteiger partial charge in [-0.05, 0) is 17.5 Å². The molecule has 0 aliphatic rings. The maximum absolute atomic E-state index is 11.7. The monoisotopic (exact) mass is 646 g/mol. The SMILES string of the molecule is O=C(O)c1cc(N=Nc2c(O)cc(S(=O)(=O)O)c3ccccc23)c2ccccc2c1O.O=S(=O)(O)c1cccc2ccccc12. The van der Waals surface area contributed by atoms with E-state index < -0.39 is 42.6 Å². The molecule has 6 aromatic carbocycles. The summed E-state index contributed by atoms with van der Waals surface area (Å²) < 4.78 is 63.8. The highest BCUT2D eigenvalue weighted by atomic mass is 32.2. The molecule has 6 aromatic rings. The summed E-state index contributed by atoms with van der Waals surface area (Å²) in [6.45, 7) is 0. The van der Waals surface area contributed by atoms with Crippen molar-refractivity contribution in [3.63, 3.8) is 0 Å². The predicted molar refractivity (Wildman–Crippen MR) is 166 cm³/mol. The van der Waals surface area contributed by atoms with Gasteiger partial charge in [-0.15, -0.1) is 10.2 Å². The van der Waals surface area contributed by atoms with E-state index in [0.29, 0.717) is 10.8 Å². The van der Waals surface area contributed by atoms with Gasteiger partial charge >= 0.3 is 5.97 Å². The number of phenolic OH excluding ortho intramolecular Hbond substituents is 1. The van der Waals surface area contributed by atoms with Crippen molar-refractivity contribution in [3.8, 4) is 11.5 Å². The van der Waals surface area contributed by atoms with E-state index in [1.165, 1.54) is 24.3 Å². The Morgan fingerprint density at radius 3 is 1.73 bits per heavy atom. The third-order valence-corrected chi connectivity index (χ3v) is 8.55. The van der Waals surface area contributed by atoms with Gasteiger partial charge in [-0.1, -0.05) is 84.9 Å². The summed E-state index contributed by atoms with van der Waals surface area (Å²) in [7, 11) is -8.74. The Morgan fingerprint density at radius 1 is 0.578 bits per heavy atom. The molecule has 45 heavy (non-hydrogen) atoms. The number of hydrogen-bond acceptors (Lipinski definition) is 9. The molecular formula is C31H22N2O10S2. The van der Waals surface area contributed by atoms with Gasteiger partial charge in [0.2, 0.25) is 0 Å². The first-order valence-corrected chi connectivity index (χ1v) is 15.7. The summed E-state index contributed by atoms with van der Waals surface area (Å²) in [5, 5.41) is 40.4. The van der Waals surface area contributed by atoms with Gasteiger partial charge in [0.05, 0.1) is 5.69 Å². The molecule has 0 aliphatic heterocycles. The molecule has 0 heterocycles. The maximum atomic E-state index is 11.7. The number of rotatable bonds is 5. The van der Waals surface area contributed by atoms with Crippen LogP contribution in [0.1, 0.15) is 10.4 Å². The fraction of sp³-hybridized carbons (Fsp3) is 0. The number of carbonyl (C=O) groups is 1. The van der Waals surface area contributed by atoms with Crippen LogP contribution >= 0.6 is 0 Å². The minimum absolute atomic E-state index is 0.0457. The van der Waals surface area contributed by atoms with E-state index in [2.05, 4.69) is 10.2 Å². The molecule has 6 rings (SSSR count). The first kappa shape index (κ1) is 31.0. The third kappa shape index (κ3) is 6.30. The summed E-state index contributed by atoms with van der Waals surface area (Å²) in [6.07, 6.45) is 0. The normalized spacial score (nSPS) is 12.0. The van der Waals surface area contributed by atoms with Gasteiger partial charge in [0, 0.05) is 33.0 Å². The second-order valence-corrected chi connectivity index (χ2v) is 12.3. The summed E-state index contributed by atoms with van der Waals surface area (Å²) in [6, 6.07) is 26.3. The predicted octanol–water partition coefficient (Wildman–Crippen LogP) is 6.85. The standard InChI is InChI=1S/C21H14N2O7S.C10H8O3S/c24-17-10-18(31(28,29)30)12-6-2-3-7-13(12)19(17)23-22-16-9-15(21(26)27)20(25)14-8-4-1-5-11(14)16;11-14(12,13)10-7-3-5-8-4-1-2-6-9(8)10/h1-10,24-25H,(H,26,27)(H,28,29,30);1-7H,(H,11,12,13). The average Bonchev–Trinajstić information content (AvgIpc) is 3.00. The number of azo groups is 1. The Labute approximate surface area is 255 Å². The number of benzene rings is 6. The number of aromatic hydroxyl groups is 2. The summed E-state index contributed by atoms with van der Waals surface area (Å²) in [5.41, 5.74) is -0.325. The van der Waals surface area contributed by atoms with Crippen LogP contribution in [0.3, 0.4) is 0 Å². The van der Waals surface area contributed by atoms with Crippen LogP contribution in [0.25, 0.3) is 32.3 Å². The highest BCUT2D eigenvalue weighted by molar-refractivity contribution is 7.86. The van der Waals surface area contributed by atoms with Gasteiger partial charge in [-0.25, -0.2) is 4.79 Å². The zero-order valence-corrected chi connectivity index (χ0v) is 24.4. The number of aromatic carboxylic acids is 1. The van der Waals surface area contributed by atoms with Crippen molar-refractivity contribution in [1.29, 1.82) is 0 Å². The molecule has 0 saturated carbocycles. The van der Waals surface area contributed by atoms with Crippen LogP contribution in [0.15, 0.2) is 123 Å². The zero-order chi connectivity index (χ0) is 32.5. The molecule has 0 aromatic heterocycles. The van der Waals surface area contributed by atoms with Crippen molar-refractivity contribution >= 4 is 69.9 Å². The maximum Gasteiger partial charge on any atom is 0.339 e. The van der Waals surface area contributed by atoms with Crippen LogP contribution in [-0.2, 0) is 20.2 Å². The second-order valence-electron chi connectivity index (χ2n) is 9.56. The lowest BCUT2D eigenvalue weighted by atomic mass is 10.0. The second kappa shape index (κ2) is 11.9. The van der Waals surface area contributed by atoms with Gasteiger partial charge < -0.3 is 15.3 Å². The lowest BCUT2D eigenvalue weighted by molar-refractivity contribution is 0.0694.